The monoisotopic (exact) mass is 241 g/mol. The molecular formula is C11H9F2NOS. The van der Waals surface area contributed by atoms with Gasteiger partial charge in [-0.1, -0.05) is 12.1 Å². The van der Waals surface area contributed by atoms with Gasteiger partial charge in [0.2, 0.25) is 0 Å². The van der Waals surface area contributed by atoms with Crippen molar-refractivity contribution in [3.8, 4) is 0 Å². The van der Waals surface area contributed by atoms with E-state index < -0.39 is 17.7 Å². The van der Waals surface area contributed by atoms with Crippen LogP contribution in [-0.2, 0) is 6.42 Å². The van der Waals surface area contributed by atoms with Crippen LogP contribution in [-0.4, -0.2) is 10.1 Å². The molecule has 0 aliphatic rings. The zero-order valence-corrected chi connectivity index (χ0v) is 9.05. The predicted molar refractivity (Wildman–Crippen MR) is 57.1 cm³/mol. The molecule has 0 radical (unpaired) electrons. The van der Waals surface area contributed by atoms with Gasteiger partial charge in [-0.2, -0.15) is 0 Å². The van der Waals surface area contributed by atoms with Gasteiger partial charge in [-0.3, -0.25) is 0 Å². The first-order valence-electron chi connectivity index (χ1n) is 4.69. The number of nitrogens with zero attached hydrogens (tertiary/aromatic N) is 1. The third-order valence-corrected chi connectivity index (χ3v) is 3.06. The average molecular weight is 241 g/mol. The van der Waals surface area contributed by atoms with Crippen LogP contribution in [0.1, 0.15) is 16.7 Å². The van der Waals surface area contributed by atoms with Crippen molar-refractivity contribution < 1.29 is 13.9 Å². The first-order valence-corrected chi connectivity index (χ1v) is 5.57. The van der Waals surface area contributed by atoms with Crippen LogP contribution in [0.25, 0.3) is 0 Å². The summed E-state index contributed by atoms with van der Waals surface area (Å²) in [6.45, 7) is 0. The van der Waals surface area contributed by atoms with Crippen LogP contribution in [0, 0.1) is 11.6 Å². The normalized spacial score (nSPS) is 12.7. The number of hydrogen-bond donors (Lipinski definition) is 1. The molecule has 1 atom stereocenters. The minimum Gasteiger partial charge on any atom is -0.386 e. The highest BCUT2D eigenvalue weighted by molar-refractivity contribution is 7.09. The van der Waals surface area contributed by atoms with Crippen molar-refractivity contribution in [2.75, 3.05) is 0 Å². The summed E-state index contributed by atoms with van der Waals surface area (Å²) in [5.74, 6) is -1.80. The van der Waals surface area contributed by atoms with Crippen LogP contribution in [0.15, 0.2) is 29.8 Å². The van der Waals surface area contributed by atoms with Gasteiger partial charge in [-0.25, -0.2) is 13.8 Å². The van der Waals surface area contributed by atoms with Crippen LogP contribution in [0.2, 0.25) is 0 Å². The van der Waals surface area contributed by atoms with E-state index >= 15 is 0 Å². The largest absolute Gasteiger partial charge is 0.386 e. The van der Waals surface area contributed by atoms with E-state index in [0.717, 1.165) is 6.07 Å². The van der Waals surface area contributed by atoms with Gasteiger partial charge >= 0.3 is 0 Å². The second-order valence-electron chi connectivity index (χ2n) is 3.30. The molecule has 1 aromatic heterocycles. The maximum Gasteiger partial charge on any atom is 0.162 e. The molecule has 0 saturated heterocycles. The molecule has 0 bridgehead atoms. The number of halogens is 2. The summed E-state index contributed by atoms with van der Waals surface area (Å²) in [4.78, 5) is 3.92. The van der Waals surface area contributed by atoms with Crippen molar-refractivity contribution >= 4 is 11.3 Å². The summed E-state index contributed by atoms with van der Waals surface area (Å²) in [7, 11) is 0. The predicted octanol–water partition coefficient (Wildman–Crippen LogP) is 2.70. The summed E-state index contributed by atoms with van der Waals surface area (Å²) in [6, 6.07) is 3.92. The first-order chi connectivity index (χ1) is 7.68. The van der Waals surface area contributed by atoms with Crippen LogP contribution in [0.4, 0.5) is 8.78 Å². The van der Waals surface area contributed by atoms with Crippen molar-refractivity contribution in [2.24, 2.45) is 0 Å². The fourth-order valence-corrected chi connectivity index (χ4v) is 2.02. The van der Waals surface area contributed by atoms with Crippen molar-refractivity contribution in [3.05, 3.63) is 52.0 Å². The molecule has 84 valence electrons. The summed E-state index contributed by atoms with van der Waals surface area (Å²) in [5.41, 5.74) is 0.155. The lowest BCUT2D eigenvalue weighted by Gasteiger charge is -2.08. The van der Waals surface area contributed by atoms with Gasteiger partial charge in [-0.15, -0.1) is 11.3 Å². The minimum absolute atomic E-state index is 0.0249. The Labute approximate surface area is 95.2 Å². The van der Waals surface area contributed by atoms with Gasteiger partial charge in [0.25, 0.3) is 0 Å². The zero-order valence-electron chi connectivity index (χ0n) is 8.23. The number of thiazole rings is 1. The van der Waals surface area contributed by atoms with Crippen molar-refractivity contribution in [2.45, 2.75) is 12.5 Å². The summed E-state index contributed by atoms with van der Waals surface area (Å²) in [5, 5.41) is 12.0. The Morgan fingerprint density at radius 3 is 2.88 bits per heavy atom. The second kappa shape index (κ2) is 4.67. The summed E-state index contributed by atoms with van der Waals surface area (Å²) < 4.78 is 26.2. The fourth-order valence-electron chi connectivity index (χ4n) is 1.40. The van der Waals surface area contributed by atoms with E-state index in [1.165, 1.54) is 23.5 Å². The molecule has 2 nitrogen and oxygen atoms in total. The maximum absolute atomic E-state index is 13.3. The van der Waals surface area contributed by atoms with Crippen LogP contribution >= 0.6 is 11.3 Å². The molecular weight excluding hydrogens is 232 g/mol. The molecule has 0 amide bonds. The Bertz CT molecular complexity index is 473. The zero-order chi connectivity index (χ0) is 11.5. The van der Waals surface area contributed by atoms with E-state index in [2.05, 4.69) is 4.98 Å². The van der Waals surface area contributed by atoms with E-state index in [1.54, 1.807) is 11.6 Å². The van der Waals surface area contributed by atoms with E-state index in [1.807, 2.05) is 0 Å². The maximum atomic E-state index is 13.3. The molecule has 0 fully saturated rings. The Kier molecular flexibility index (Phi) is 3.26. The molecule has 2 rings (SSSR count). The number of rotatable bonds is 3. The third-order valence-electron chi connectivity index (χ3n) is 2.18. The molecule has 2 aromatic rings. The summed E-state index contributed by atoms with van der Waals surface area (Å²) >= 11 is 1.28. The average Bonchev–Trinajstić information content (AvgIpc) is 2.78. The lowest BCUT2D eigenvalue weighted by molar-refractivity contribution is 0.176. The van der Waals surface area contributed by atoms with E-state index in [9.17, 15) is 13.9 Å². The molecule has 1 aromatic carbocycles. The number of aliphatic hydroxyl groups excluding tert-OH is 1. The molecule has 0 aliphatic heterocycles. The first kappa shape index (κ1) is 11.2. The van der Waals surface area contributed by atoms with Gasteiger partial charge in [0.15, 0.2) is 11.6 Å². The lowest BCUT2D eigenvalue weighted by Crippen LogP contribution is -2.04. The highest BCUT2D eigenvalue weighted by atomic mass is 32.1. The van der Waals surface area contributed by atoms with Crippen molar-refractivity contribution in [1.29, 1.82) is 0 Å². The standard InChI is InChI=1S/C11H9F2NOS/c12-8-3-1-2-7(10(8)13)6-9(15)11-14-4-5-16-11/h1-5,9,15H,6H2. The van der Waals surface area contributed by atoms with Gasteiger partial charge < -0.3 is 5.11 Å². The van der Waals surface area contributed by atoms with Crippen LogP contribution < -0.4 is 0 Å². The Hall–Kier alpha value is -1.33. The molecule has 0 spiro atoms. The SMILES string of the molecule is OC(Cc1cccc(F)c1F)c1nccs1. The van der Waals surface area contributed by atoms with E-state index in [0.29, 0.717) is 5.01 Å². The fraction of sp³-hybridized carbons (Fsp3) is 0.182. The minimum atomic E-state index is -0.905. The van der Waals surface area contributed by atoms with Crippen molar-refractivity contribution in [3.63, 3.8) is 0 Å². The second-order valence-corrected chi connectivity index (χ2v) is 4.23. The molecule has 16 heavy (non-hydrogen) atoms. The molecule has 0 saturated carbocycles. The smallest absolute Gasteiger partial charge is 0.162 e. The van der Waals surface area contributed by atoms with Gasteiger partial charge in [0.1, 0.15) is 11.1 Å². The Morgan fingerprint density at radius 1 is 1.38 bits per heavy atom. The summed E-state index contributed by atoms with van der Waals surface area (Å²) in [6.07, 6.45) is 0.693. The quantitative estimate of drug-likeness (QED) is 0.896. The number of benzene rings is 1. The van der Waals surface area contributed by atoms with Crippen LogP contribution in [0.3, 0.4) is 0 Å². The van der Waals surface area contributed by atoms with Crippen molar-refractivity contribution in [1.82, 2.24) is 4.98 Å². The van der Waals surface area contributed by atoms with Gasteiger partial charge in [-0.05, 0) is 11.6 Å². The van der Waals surface area contributed by atoms with E-state index in [-0.39, 0.29) is 12.0 Å². The van der Waals surface area contributed by atoms with E-state index in [4.69, 9.17) is 0 Å². The highest BCUT2D eigenvalue weighted by Crippen LogP contribution is 2.22. The highest BCUT2D eigenvalue weighted by Gasteiger charge is 2.15. The number of aliphatic hydroxyl groups is 1. The number of hydrogen-bond acceptors (Lipinski definition) is 3. The Morgan fingerprint density at radius 2 is 2.19 bits per heavy atom. The lowest BCUT2D eigenvalue weighted by atomic mass is 10.1. The molecule has 0 aliphatic carbocycles. The molecule has 1 unspecified atom stereocenters. The molecule has 1 heterocycles. The molecule has 5 heteroatoms. The molecule has 1 N–H and O–H groups in total. The van der Waals surface area contributed by atoms with Crippen LogP contribution in [0.5, 0.6) is 0 Å². The Balaban J connectivity index is 2.18. The van der Waals surface area contributed by atoms with Gasteiger partial charge in [0, 0.05) is 18.0 Å². The number of aromatic nitrogens is 1. The van der Waals surface area contributed by atoms with Gasteiger partial charge in [0.05, 0.1) is 0 Å². The third kappa shape index (κ3) is 2.25. The topological polar surface area (TPSA) is 33.1 Å².